The van der Waals surface area contributed by atoms with Crippen molar-refractivity contribution >= 4 is 51.8 Å². The Morgan fingerprint density at radius 3 is 2.15 bits per heavy atom. The van der Waals surface area contributed by atoms with Crippen molar-refractivity contribution in [2.24, 2.45) is 5.41 Å². The molecule has 3 N–H and O–H groups in total. The minimum Gasteiger partial charge on any atom is -0.492 e. The molecule has 0 spiro atoms. The molecule has 0 aliphatic carbocycles. The summed E-state index contributed by atoms with van der Waals surface area (Å²) in [6.07, 6.45) is 3.94. The highest BCUT2D eigenvalue weighted by atomic mass is 35.5. The van der Waals surface area contributed by atoms with Gasteiger partial charge in [-0.05, 0) is 96.3 Å². The molecule has 0 unspecified atom stereocenters. The molecule has 1 saturated heterocycles. The molecule has 0 radical (unpaired) electrons. The van der Waals surface area contributed by atoms with Gasteiger partial charge >= 0.3 is 0 Å². The van der Waals surface area contributed by atoms with Crippen molar-refractivity contribution in [1.82, 2.24) is 25.4 Å². The molecule has 12 heteroatoms. The number of carbonyl (C=O) groups is 3. The van der Waals surface area contributed by atoms with Gasteiger partial charge in [0.15, 0.2) is 0 Å². The number of allylic oxidation sites excluding steroid dienone is 1. The summed E-state index contributed by atoms with van der Waals surface area (Å²) in [5.74, 6) is 0.478. The van der Waals surface area contributed by atoms with E-state index >= 15 is 0 Å². The van der Waals surface area contributed by atoms with Gasteiger partial charge in [0, 0.05) is 38.4 Å². The fraction of sp³-hybridized carbons (Fsp3) is 0.407. The normalized spacial score (nSPS) is 15.9. The molecule has 10 nitrogen and oxygen atoms in total. The van der Waals surface area contributed by atoms with Gasteiger partial charge in [0.2, 0.25) is 17.7 Å². The Morgan fingerprint density at radius 2 is 1.52 bits per heavy atom. The molecule has 2 heterocycles. The van der Waals surface area contributed by atoms with Crippen LogP contribution in [-0.2, 0) is 20.9 Å². The number of likely N-dealkylation sites (N-methyl/N-ethyl adjacent to an activating group) is 1. The number of aromatic nitrogens is 1. The third-order valence-electron chi connectivity index (χ3n) is 12.1. The lowest BCUT2D eigenvalue weighted by molar-refractivity contribution is -0.144. The number of nitrogens with zero attached hydrogens (tertiary/aromatic N) is 3. The zero-order valence-corrected chi connectivity index (χ0v) is 40.7. The second-order valence-electron chi connectivity index (χ2n) is 18.3. The molecule has 350 valence electrons. The van der Waals surface area contributed by atoms with Crippen LogP contribution in [0.15, 0.2) is 115 Å². The SMILES string of the molecule is Cc1ncsc1-c1ccc(CNC(=O)[C@@H]2C[C@@H](O)CN2C(=O)[C@@H](NC(=O)CCCCCCN(C)CCOc2ccc(/C(=C(/CCCl)c3ccccc3)c3ccccc3)cc2)C(C)(C)C)cc1. The summed E-state index contributed by atoms with van der Waals surface area (Å²) < 4.78 is 6.17. The number of benzene rings is 4. The van der Waals surface area contributed by atoms with Gasteiger partial charge in [0.1, 0.15) is 24.4 Å². The predicted molar refractivity (Wildman–Crippen MR) is 268 cm³/mol. The van der Waals surface area contributed by atoms with E-state index in [0.717, 1.165) is 77.3 Å². The maximum atomic E-state index is 14.0. The van der Waals surface area contributed by atoms with Gasteiger partial charge in [0.25, 0.3) is 0 Å². The number of alkyl halides is 1. The van der Waals surface area contributed by atoms with E-state index in [-0.39, 0.29) is 37.2 Å². The molecule has 4 aromatic carbocycles. The van der Waals surface area contributed by atoms with Crippen LogP contribution in [0.2, 0.25) is 0 Å². The van der Waals surface area contributed by atoms with E-state index < -0.39 is 23.6 Å². The Labute approximate surface area is 400 Å². The summed E-state index contributed by atoms with van der Waals surface area (Å²) in [7, 11) is 2.10. The fourth-order valence-electron chi connectivity index (χ4n) is 8.45. The Bertz CT molecular complexity index is 2350. The minimum atomic E-state index is -0.848. The van der Waals surface area contributed by atoms with Crippen molar-refractivity contribution in [3.05, 3.63) is 143 Å². The largest absolute Gasteiger partial charge is 0.492 e. The van der Waals surface area contributed by atoms with Crippen molar-refractivity contribution in [3.8, 4) is 16.2 Å². The second kappa shape index (κ2) is 24.4. The maximum Gasteiger partial charge on any atom is 0.246 e. The number of aliphatic hydroxyl groups excluding tert-OH is 1. The highest BCUT2D eigenvalue weighted by Crippen LogP contribution is 2.36. The average molecular weight is 933 g/mol. The molecule has 3 amide bonds. The summed E-state index contributed by atoms with van der Waals surface area (Å²) in [6, 6.07) is 35.5. The molecule has 6 rings (SSSR count). The van der Waals surface area contributed by atoms with E-state index in [2.05, 4.69) is 88.2 Å². The third-order valence-corrected chi connectivity index (χ3v) is 13.3. The fourth-order valence-corrected chi connectivity index (χ4v) is 9.45. The number of aliphatic hydroxyl groups is 1. The number of carbonyl (C=O) groups excluding carboxylic acids is 3. The average Bonchev–Trinajstić information content (AvgIpc) is 3.94. The van der Waals surface area contributed by atoms with Gasteiger partial charge in [-0.2, -0.15) is 0 Å². The molecule has 3 atom stereocenters. The number of likely N-dealkylation sites (tertiary alicyclic amines) is 1. The number of hydrogen-bond donors (Lipinski definition) is 3. The van der Waals surface area contributed by atoms with E-state index in [4.69, 9.17) is 16.3 Å². The third kappa shape index (κ3) is 14.1. The minimum absolute atomic E-state index is 0.0375. The lowest BCUT2D eigenvalue weighted by atomic mass is 9.85. The van der Waals surface area contributed by atoms with Crippen LogP contribution in [0.1, 0.15) is 93.7 Å². The first-order valence-corrected chi connectivity index (χ1v) is 24.6. The number of aryl methyl sites for hydroxylation is 1. The number of ether oxygens (including phenoxy) is 1. The number of halogens is 1. The Balaban J connectivity index is 0.907. The van der Waals surface area contributed by atoms with Crippen LogP contribution >= 0.6 is 22.9 Å². The number of nitrogens with one attached hydrogen (secondary N) is 2. The maximum absolute atomic E-state index is 14.0. The first-order chi connectivity index (χ1) is 31.8. The highest BCUT2D eigenvalue weighted by Gasteiger charge is 2.44. The van der Waals surface area contributed by atoms with Crippen molar-refractivity contribution < 1.29 is 24.2 Å². The number of β-amino-alcohol motifs (C(OH)–C–C–N with tert-alkyl or cyclic N) is 1. The quantitative estimate of drug-likeness (QED) is 0.0359. The van der Waals surface area contributed by atoms with Crippen molar-refractivity contribution in [1.29, 1.82) is 0 Å². The molecule has 66 heavy (non-hydrogen) atoms. The smallest absolute Gasteiger partial charge is 0.246 e. The van der Waals surface area contributed by atoms with Gasteiger partial charge < -0.3 is 30.3 Å². The summed E-state index contributed by atoms with van der Waals surface area (Å²) in [4.78, 5) is 49.9. The van der Waals surface area contributed by atoms with Crippen molar-refractivity contribution in [2.45, 2.75) is 97.4 Å². The highest BCUT2D eigenvalue weighted by molar-refractivity contribution is 7.13. The molecule has 1 aliphatic rings. The summed E-state index contributed by atoms with van der Waals surface area (Å²) in [5.41, 5.74) is 10.00. The van der Waals surface area contributed by atoms with E-state index in [1.807, 2.05) is 81.7 Å². The van der Waals surface area contributed by atoms with Gasteiger partial charge in [-0.25, -0.2) is 4.98 Å². The van der Waals surface area contributed by atoms with Crippen LogP contribution in [0.25, 0.3) is 21.6 Å². The molecule has 1 aromatic heterocycles. The van der Waals surface area contributed by atoms with E-state index in [1.165, 1.54) is 21.6 Å². The molecule has 0 saturated carbocycles. The number of amides is 3. The molecule has 1 aliphatic heterocycles. The summed E-state index contributed by atoms with van der Waals surface area (Å²) in [6.45, 7) is 10.3. The standard InChI is InChI=1S/C54H66ClN5O5S/c1-38-50(66-37-57-38)43-23-21-39(22-24-43)35-56-52(63)47-34-44(61)36-60(47)53(64)51(54(2,3)4)58-48(62)20-14-6-7-15-31-59(5)32-33-65-45-27-25-42(26-28-45)49(41-18-12-9-13-19-41)46(29-30-55)40-16-10-8-11-17-40/h8-13,16-19,21-28,37,44,47,51,61H,6-7,14-15,20,29-36H2,1-5H3,(H,56,63)(H,58,62)/b49-46-/t44-,47+,51-/m1/s1. The Kier molecular flexibility index (Phi) is 18.5. The van der Waals surface area contributed by atoms with Crippen LogP contribution in [0, 0.1) is 12.3 Å². The molecule has 0 bridgehead atoms. The van der Waals surface area contributed by atoms with Gasteiger partial charge in [-0.15, -0.1) is 22.9 Å². The Hall–Kier alpha value is -5.33. The van der Waals surface area contributed by atoms with E-state index in [1.54, 1.807) is 11.3 Å². The monoisotopic (exact) mass is 931 g/mol. The molecular formula is C54H66ClN5O5S. The number of thiazole rings is 1. The summed E-state index contributed by atoms with van der Waals surface area (Å²) >= 11 is 7.92. The van der Waals surface area contributed by atoms with Crippen LogP contribution in [-0.4, -0.2) is 95.0 Å². The van der Waals surface area contributed by atoms with Crippen molar-refractivity contribution in [2.75, 3.05) is 39.2 Å². The topological polar surface area (TPSA) is 124 Å². The van der Waals surface area contributed by atoms with Crippen LogP contribution in [0.5, 0.6) is 5.75 Å². The van der Waals surface area contributed by atoms with E-state index in [9.17, 15) is 19.5 Å². The second-order valence-corrected chi connectivity index (χ2v) is 19.5. The molecular weight excluding hydrogens is 866 g/mol. The first-order valence-electron chi connectivity index (χ1n) is 23.2. The zero-order chi connectivity index (χ0) is 47.1. The number of rotatable bonds is 22. The molecule has 1 fully saturated rings. The van der Waals surface area contributed by atoms with Crippen LogP contribution in [0.4, 0.5) is 0 Å². The number of unbranched alkanes of at least 4 members (excludes halogenated alkanes) is 3. The van der Waals surface area contributed by atoms with Gasteiger partial charge in [-0.3, -0.25) is 14.4 Å². The molecule has 5 aromatic rings. The van der Waals surface area contributed by atoms with Crippen molar-refractivity contribution in [3.63, 3.8) is 0 Å². The van der Waals surface area contributed by atoms with Crippen LogP contribution in [0.3, 0.4) is 0 Å². The zero-order valence-electron chi connectivity index (χ0n) is 39.1. The van der Waals surface area contributed by atoms with Gasteiger partial charge in [-0.1, -0.05) is 131 Å². The predicted octanol–water partition coefficient (Wildman–Crippen LogP) is 9.78. The first kappa shape index (κ1) is 50.1. The van der Waals surface area contributed by atoms with E-state index in [0.29, 0.717) is 25.3 Å². The van der Waals surface area contributed by atoms with Crippen LogP contribution < -0.4 is 15.4 Å². The van der Waals surface area contributed by atoms with Gasteiger partial charge in [0.05, 0.1) is 22.2 Å². The lowest BCUT2D eigenvalue weighted by Gasteiger charge is -2.35. The number of hydrogen-bond acceptors (Lipinski definition) is 8. The Morgan fingerprint density at radius 1 is 0.864 bits per heavy atom. The summed E-state index contributed by atoms with van der Waals surface area (Å²) in [5, 5.41) is 16.6. The lowest BCUT2D eigenvalue weighted by Crippen LogP contribution is -2.57.